The van der Waals surface area contributed by atoms with E-state index in [2.05, 4.69) is 24.1 Å². The van der Waals surface area contributed by atoms with Gasteiger partial charge in [0.1, 0.15) is 6.04 Å². The van der Waals surface area contributed by atoms with Crippen LogP contribution in [-0.2, 0) is 21.4 Å². The van der Waals surface area contributed by atoms with Crippen molar-refractivity contribution in [3.8, 4) is 0 Å². The van der Waals surface area contributed by atoms with E-state index in [0.29, 0.717) is 31.8 Å². The van der Waals surface area contributed by atoms with Crippen LogP contribution in [-0.4, -0.2) is 36.2 Å². The number of benzene rings is 1. The van der Waals surface area contributed by atoms with E-state index < -0.39 is 16.1 Å². The Kier molecular flexibility index (Phi) is 5.98. The number of rotatable bonds is 6. The Bertz CT molecular complexity index is 905. The highest BCUT2D eigenvalue weighted by Crippen LogP contribution is 2.26. The minimum absolute atomic E-state index is 0.230. The Balaban J connectivity index is 1.69. The molecule has 1 fully saturated rings. The van der Waals surface area contributed by atoms with Gasteiger partial charge in [0.05, 0.1) is 22.1 Å². The molecule has 0 saturated carbocycles. The molecule has 2 heterocycles. The number of sulfonamides is 1. The smallest absolute Gasteiger partial charge is 0.243 e. The van der Waals surface area contributed by atoms with Crippen molar-refractivity contribution >= 4 is 27.3 Å². The van der Waals surface area contributed by atoms with E-state index in [1.807, 2.05) is 12.3 Å². The largest absolute Gasteiger partial charge is 0.349 e. The van der Waals surface area contributed by atoms with E-state index in [1.165, 1.54) is 4.31 Å². The molecule has 146 valence electrons. The molecule has 0 bridgehead atoms. The summed E-state index contributed by atoms with van der Waals surface area (Å²) < 4.78 is 27.2. The van der Waals surface area contributed by atoms with Crippen LogP contribution in [0.4, 0.5) is 0 Å². The van der Waals surface area contributed by atoms with Crippen molar-refractivity contribution in [2.75, 3.05) is 6.54 Å². The van der Waals surface area contributed by atoms with Gasteiger partial charge in [-0.3, -0.25) is 4.79 Å². The van der Waals surface area contributed by atoms with Gasteiger partial charge in [0, 0.05) is 17.8 Å². The summed E-state index contributed by atoms with van der Waals surface area (Å²) in [6.45, 7) is 6.74. The molecule has 1 atom stereocenters. The highest BCUT2D eigenvalue weighted by Gasteiger charge is 2.39. The molecular weight excluding hydrogens is 382 g/mol. The van der Waals surface area contributed by atoms with Gasteiger partial charge in [0.25, 0.3) is 0 Å². The second kappa shape index (κ2) is 8.08. The Morgan fingerprint density at radius 1 is 1.33 bits per heavy atom. The average Bonchev–Trinajstić information content (AvgIpc) is 3.30. The van der Waals surface area contributed by atoms with Crippen LogP contribution in [0.3, 0.4) is 0 Å². The molecule has 1 aliphatic heterocycles. The molecule has 1 saturated heterocycles. The molecule has 27 heavy (non-hydrogen) atoms. The molecule has 1 N–H and O–H groups in total. The van der Waals surface area contributed by atoms with Crippen LogP contribution in [0.1, 0.15) is 48.9 Å². The first kappa shape index (κ1) is 20.0. The molecule has 1 aromatic carbocycles. The third-order valence-electron chi connectivity index (χ3n) is 4.64. The summed E-state index contributed by atoms with van der Waals surface area (Å²) in [5.74, 6) is 0.0895. The number of aromatic nitrogens is 1. The van der Waals surface area contributed by atoms with Crippen molar-refractivity contribution in [3.05, 3.63) is 45.9 Å². The number of amides is 1. The second-order valence-electron chi connectivity index (χ2n) is 7.14. The van der Waals surface area contributed by atoms with Crippen LogP contribution in [0, 0.1) is 6.92 Å². The van der Waals surface area contributed by atoms with E-state index >= 15 is 0 Å². The van der Waals surface area contributed by atoms with Gasteiger partial charge >= 0.3 is 0 Å². The van der Waals surface area contributed by atoms with Gasteiger partial charge in [-0.05, 0) is 31.9 Å². The van der Waals surface area contributed by atoms with Crippen molar-refractivity contribution in [2.45, 2.75) is 57.0 Å². The minimum atomic E-state index is -3.68. The summed E-state index contributed by atoms with van der Waals surface area (Å²) >= 11 is 1.58. The third kappa shape index (κ3) is 4.39. The fraction of sp³-hybridized carbons (Fsp3) is 0.474. The maximum absolute atomic E-state index is 12.9. The van der Waals surface area contributed by atoms with E-state index in [1.54, 1.807) is 35.6 Å². The molecule has 0 unspecified atom stereocenters. The van der Waals surface area contributed by atoms with Crippen LogP contribution in [0.15, 0.2) is 34.5 Å². The van der Waals surface area contributed by atoms with Crippen LogP contribution < -0.4 is 5.32 Å². The van der Waals surface area contributed by atoms with E-state index in [0.717, 1.165) is 16.3 Å². The van der Waals surface area contributed by atoms with Crippen molar-refractivity contribution < 1.29 is 13.2 Å². The molecule has 1 aliphatic rings. The van der Waals surface area contributed by atoms with Crippen molar-refractivity contribution in [1.82, 2.24) is 14.6 Å². The lowest BCUT2D eigenvalue weighted by atomic mass is 10.2. The van der Waals surface area contributed by atoms with Crippen molar-refractivity contribution in [2.24, 2.45) is 0 Å². The molecular formula is C19H25N3O3S2. The first-order valence-electron chi connectivity index (χ1n) is 9.09. The van der Waals surface area contributed by atoms with Crippen LogP contribution >= 0.6 is 11.3 Å². The summed E-state index contributed by atoms with van der Waals surface area (Å²) in [5, 5.41) is 5.82. The first-order valence-corrected chi connectivity index (χ1v) is 11.4. The van der Waals surface area contributed by atoms with Gasteiger partial charge < -0.3 is 5.32 Å². The molecule has 2 aromatic rings. The third-order valence-corrected chi connectivity index (χ3v) is 7.76. The molecule has 0 spiro atoms. The summed E-state index contributed by atoms with van der Waals surface area (Å²) in [4.78, 5) is 17.4. The molecule has 6 nitrogen and oxygen atoms in total. The Hall–Kier alpha value is -1.77. The molecule has 1 amide bonds. The maximum Gasteiger partial charge on any atom is 0.243 e. The molecule has 0 aliphatic carbocycles. The highest BCUT2D eigenvalue weighted by molar-refractivity contribution is 7.89. The number of thiazole rings is 1. The number of hydrogen-bond donors (Lipinski definition) is 1. The lowest BCUT2D eigenvalue weighted by molar-refractivity contribution is -0.124. The SMILES string of the molecule is Cc1ccc(S(=O)(=O)N2CCC[C@H]2C(=O)NCc2csc(C(C)C)n2)cc1. The fourth-order valence-electron chi connectivity index (χ4n) is 3.10. The van der Waals surface area contributed by atoms with Gasteiger partial charge in [0.15, 0.2) is 0 Å². The lowest BCUT2D eigenvalue weighted by Gasteiger charge is -2.23. The van der Waals surface area contributed by atoms with E-state index in [-0.39, 0.29) is 10.8 Å². The summed E-state index contributed by atoms with van der Waals surface area (Å²) in [6.07, 6.45) is 1.21. The molecule has 1 aromatic heterocycles. The number of hydrogen-bond acceptors (Lipinski definition) is 5. The van der Waals surface area contributed by atoms with E-state index in [9.17, 15) is 13.2 Å². The molecule has 0 radical (unpaired) electrons. The van der Waals surface area contributed by atoms with Crippen molar-refractivity contribution in [1.29, 1.82) is 0 Å². The molecule has 3 rings (SSSR count). The van der Waals surface area contributed by atoms with Crippen LogP contribution in [0.25, 0.3) is 0 Å². The maximum atomic E-state index is 12.9. The quantitative estimate of drug-likeness (QED) is 0.798. The first-order chi connectivity index (χ1) is 12.8. The number of carbonyl (C=O) groups excluding carboxylic acids is 1. The van der Waals surface area contributed by atoms with E-state index in [4.69, 9.17) is 0 Å². The number of carbonyl (C=O) groups is 1. The van der Waals surface area contributed by atoms with Crippen molar-refractivity contribution in [3.63, 3.8) is 0 Å². The van der Waals surface area contributed by atoms with Gasteiger partial charge in [-0.2, -0.15) is 4.31 Å². The standard InChI is InChI=1S/C19H25N3O3S2/c1-13(2)19-21-15(12-26-19)11-20-18(23)17-5-4-10-22(17)27(24,25)16-8-6-14(3)7-9-16/h6-9,12-13,17H,4-5,10-11H2,1-3H3,(H,20,23)/t17-/m0/s1. The highest BCUT2D eigenvalue weighted by atomic mass is 32.2. The summed E-state index contributed by atoms with van der Waals surface area (Å²) in [7, 11) is -3.68. The number of nitrogens with one attached hydrogen (secondary N) is 1. The normalized spacial score (nSPS) is 18.1. The second-order valence-corrected chi connectivity index (χ2v) is 9.92. The lowest BCUT2D eigenvalue weighted by Crippen LogP contribution is -2.45. The number of aryl methyl sites for hydroxylation is 1. The van der Waals surface area contributed by atoms with Gasteiger partial charge in [-0.25, -0.2) is 13.4 Å². The monoisotopic (exact) mass is 407 g/mol. The zero-order valence-corrected chi connectivity index (χ0v) is 17.4. The Labute approximate surface area is 164 Å². The Morgan fingerprint density at radius 3 is 2.67 bits per heavy atom. The van der Waals surface area contributed by atoms with Crippen LogP contribution in [0.5, 0.6) is 0 Å². The Morgan fingerprint density at radius 2 is 2.04 bits per heavy atom. The number of nitrogens with zero attached hydrogens (tertiary/aromatic N) is 2. The summed E-state index contributed by atoms with van der Waals surface area (Å²) in [6, 6.07) is 6.07. The van der Waals surface area contributed by atoms with Gasteiger partial charge in [-0.15, -0.1) is 11.3 Å². The predicted molar refractivity (Wildman–Crippen MR) is 106 cm³/mol. The zero-order chi connectivity index (χ0) is 19.6. The summed E-state index contributed by atoms with van der Waals surface area (Å²) in [5.41, 5.74) is 1.80. The van der Waals surface area contributed by atoms with Gasteiger partial charge in [0.2, 0.25) is 15.9 Å². The predicted octanol–water partition coefficient (Wildman–Crippen LogP) is 3.04. The zero-order valence-electron chi connectivity index (χ0n) is 15.8. The topological polar surface area (TPSA) is 79.4 Å². The van der Waals surface area contributed by atoms with Crippen LogP contribution in [0.2, 0.25) is 0 Å². The molecule has 8 heteroatoms. The van der Waals surface area contributed by atoms with Gasteiger partial charge in [-0.1, -0.05) is 31.5 Å². The average molecular weight is 408 g/mol. The minimum Gasteiger partial charge on any atom is -0.349 e. The fourth-order valence-corrected chi connectivity index (χ4v) is 5.59.